The molecule has 0 aliphatic heterocycles. The van der Waals surface area contributed by atoms with E-state index in [9.17, 15) is 14.4 Å². The Balaban J connectivity index is 1.64. The summed E-state index contributed by atoms with van der Waals surface area (Å²) in [6.07, 6.45) is 1.99. The van der Waals surface area contributed by atoms with Crippen LogP contribution in [-0.2, 0) is 19.5 Å². The lowest BCUT2D eigenvalue weighted by Gasteiger charge is -2.14. The summed E-state index contributed by atoms with van der Waals surface area (Å²) < 4.78 is 4.27. The maximum atomic E-state index is 13.7. The van der Waals surface area contributed by atoms with Crippen molar-refractivity contribution in [1.82, 2.24) is 18.7 Å². The van der Waals surface area contributed by atoms with Crippen LogP contribution in [0.15, 0.2) is 94.8 Å². The second kappa shape index (κ2) is 10.5. The van der Waals surface area contributed by atoms with Crippen LogP contribution in [0.1, 0.15) is 46.8 Å². The first-order valence-electron chi connectivity index (χ1n) is 12.8. The fraction of sp³-hybridized carbons (Fsp3) is 0.226. The van der Waals surface area contributed by atoms with Crippen LogP contribution >= 0.6 is 0 Å². The third kappa shape index (κ3) is 4.87. The number of rotatable bonds is 8. The molecule has 0 amide bonds. The molecule has 0 atom stereocenters. The van der Waals surface area contributed by atoms with E-state index < -0.39 is 11.2 Å². The predicted molar refractivity (Wildman–Crippen MR) is 149 cm³/mol. The molecule has 2 aromatic heterocycles. The minimum Gasteiger partial charge on any atom is -0.317 e. The zero-order valence-electron chi connectivity index (χ0n) is 21.8. The van der Waals surface area contributed by atoms with Crippen LogP contribution in [0.5, 0.6) is 0 Å². The van der Waals surface area contributed by atoms with Crippen molar-refractivity contribution in [2.75, 3.05) is 0 Å². The van der Waals surface area contributed by atoms with Crippen molar-refractivity contribution in [3.05, 3.63) is 128 Å². The molecule has 2 heterocycles. The van der Waals surface area contributed by atoms with Gasteiger partial charge in [0.1, 0.15) is 0 Å². The zero-order valence-corrected chi connectivity index (χ0v) is 21.8. The summed E-state index contributed by atoms with van der Waals surface area (Å²) >= 11 is 0. The summed E-state index contributed by atoms with van der Waals surface area (Å²) in [6, 6.07) is 24.8. The third-order valence-corrected chi connectivity index (χ3v) is 6.87. The number of benzene rings is 3. The van der Waals surface area contributed by atoms with Crippen molar-refractivity contribution in [3.8, 4) is 5.69 Å². The number of fused-ring (bicyclic) bond motifs is 1. The molecule has 0 saturated heterocycles. The third-order valence-electron chi connectivity index (χ3n) is 6.87. The average Bonchev–Trinajstić information content (AvgIpc) is 3.33. The molecule has 0 aliphatic rings. The number of aromatic nitrogens is 4. The Bertz CT molecular complexity index is 1710. The normalized spacial score (nSPS) is 11.4. The van der Waals surface area contributed by atoms with Crippen LogP contribution in [0.3, 0.4) is 0 Å². The maximum absolute atomic E-state index is 13.7. The quantitative estimate of drug-likeness (QED) is 0.280. The summed E-state index contributed by atoms with van der Waals surface area (Å²) in [4.78, 5) is 45.0. The zero-order chi connectivity index (χ0) is 26.8. The van der Waals surface area contributed by atoms with E-state index in [2.05, 4.69) is 18.8 Å². The number of hydrogen-bond acceptors (Lipinski definition) is 4. The van der Waals surface area contributed by atoms with Gasteiger partial charge in [-0.15, -0.1) is 0 Å². The van der Waals surface area contributed by atoms with Gasteiger partial charge in [-0.3, -0.25) is 14.2 Å². The Morgan fingerprint density at radius 2 is 1.58 bits per heavy atom. The van der Waals surface area contributed by atoms with E-state index in [1.54, 1.807) is 16.7 Å². The molecule has 0 aliphatic carbocycles. The van der Waals surface area contributed by atoms with Crippen molar-refractivity contribution >= 4 is 16.9 Å². The Morgan fingerprint density at radius 1 is 0.895 bits per heavy atom. The molecule has 0 spiro atoms. The topological polar surface area (TPSA) is 78.9 Å². The lowest BCUT2D eigenvalue weighted by Crippen LogP contribution is -2.40. The second-order valence-corrected chi connectivity index (χ2v) is 9.89. The number of carbonyl (C=O) groups is 1. The van der Waals surface area contributed by atoms with Gasteiger partial charge in [-0.2, -0.15) is 0 Å². The summed E-state index contributed by atoms with van der Waals surface area (Å²) in [5.74, 6) is 0.200. The first kappa shape index (κ1) is 25.1. The molecule has 7 heteroatoms. The first-order valence-corrected chi connectivity index (χ1v) is 12.8. The second-order valence-electron chi connectivity index (χ2n) is 9.89. The lowest BCUT2D eigenvalue weighted by molar-refractivity contribution is 0.0973. The molecule has 192 valence electrons. The molecule has 0 N–H and O–H groups in total. The molecular formula is C31H30N4O3. The van der Waals surface area contributed by atoms with Crippen LogP contribution in [-0.4, -0.2) is 24.5 Å². The number of aryl methyl sites for hydroxylation is 2. The monoisotopic (exact) mass is 506 g/mol. The van der Waals surface area contributed by atoms with Crippen molar-refractivity contribution in [2.24, 2.45) is 0 Å². The van der Waals surface area contributed by atoms with Gasteiger partial charge in [0, 0.05) is 12.1 Å². The number of nitrogens with zero attached hydrogens (tertiary/aromatic N) is 4. The molecule has 0 fully saturated rings. The summed E-state index contributed by atoms with van der Waals surface area (Å²) in [7, 11) is 0. The van der Waals surface area contributed by atoms with Crippen LogP contribution in [0, 0.1) is 6.92 Å². The van der Waals surface area contributed by atoms with Gasteiger partial charge < -0.3 is 4.57 Å². The number of carbonyl (C=O) groups excluding carboxylic acids is 1. The van der Waals surface area contributed by atoms with Gasteiger partial charge in [0.15, 0.2) is 16.9 Å². The molecule has 0 bridgehead atoms. The van der Waals surface area contributed by atoms with Crippen molar-refractivity contribution in [3.63, 3.8) is 0 Å². The predicted octanol–water partition coefficient (Wildman–Crippen LogP) is 4.91. The Hall–Kier alpha value is -4.52. The molecule has 5 aromatic rings. The van der Waals surface area contributed by atoms with Gasteiger partial charge in [-0.25, -0.2) is 14.3 Å². The summed E-state index contributed by atoms with van der Waals surface area (Å²) in [5, 5.41) is 0. The smallest absolute Gasteiger partial charge is 0.317 e. The van der Waals surface area contributed by atoms with E-state index >= 15 is 0 Å². The van der Waals surface area contributed by atoms with E-state index in [4.69, 9.17) is 0 Å². The van der Waals surface area contributed by atoms with Gasteiger partial charge in [0.05, 0.1) is 18.6 Å². The largest absolute Gasteiger partial charge is 0.337 e. The van der Waals surface area contributed by atoms with Crippen LogP contribution in [0.4, 0.5) is 0 Å². The van der Waals surface area contributed by atoms with E-state index in [0.717, 1.165) is 16.7 Å². The molecule has 0 radical (unpaired) electrons. The molecule has 38 heavy (non-hydrogen) atoms. The van der Waals surface area contributed by atoms with Crippen LogP contribution < -0.4 is 11.2 Å². The highest BCUT2D eigenvalue weighted by atomic mass is 16.2. The molecule has 7 nitrogen and oxygen atoms in total. The van der Waals surface area contributed by atoms with Crippen LogP contribution in [0.25, 0.3) is 16.9 Å². The SMILES string of the molecule is Cc1ccc(C(=O)Cn2cnc3c2c(=O)n(CCc2ccccc2)c(=O)n3-c2ccc(C(C)C)cc2)cc1. The highest BCUT2D eigenvalue weighted by Crippen LogP contribution is 2.19. The summed E-state index contributed by atoms with van der Waals surface area (Å²) in [5.41, 5.74) is 3.96. The molecule has 5 rings (SSSR count). The Morgan fingerprint density at radius 3 is 2.24 bits per heavy atom. The fourth-order valence-corrected chi connectivity index (χ4v) is 4.61. The van der Waals surface area contributed by atoms with Crippen molar-refractivity contribution < 1.29 is 4.79 Å². The van der Waals surface area contributed by atoms with Crippen molar-refractivity contribution in [2.45, 2.75) is 46.2 Å². The molecule has 0 saturated carbocycles. The highest BCUT2D eigenvalue weighted by molar-refractivity contribution is 5.96. The minimum absolute atomic E-state index is 0.0576. The van der Waals surface area contributed by atoms with E-state index in [1.807, 2.05) is 73.7 Å². The lowest BCUT2D eigenvalue weighted by atomic mass is 10.0. The minimum atomic E-state index is -0.454. The Kier molecular flexibility index (Phi) is 6.92. The average molecular weight is 507 g/mol. The molecule has 3 aromatic carbocycles. The number of hydrogen-bond donors (Lipinski definition) is 0. The summed E-state index contributed by atoms with van der Waals surface area (Å²) in [6.45, 7) is 6.32. The van der Waals surface area contributed by atoms with Gasteiger partial charge in [0.2, 0.25) is 0 Å². The first-order chi connectivity index (χ1) is 18.3. The van der Waals surface area contributed by atoms with Gasteiger partial charge in [0.25, 0.3) is 5.56 Å². The van der Waals surface area contributed by atoms with Crippen molar-refractivity contribution in [1.29, 1.82) is 0 Å². The number of imidazole rings is 1. The maximum Gasteiger partial charge on any atom is 0.337 e. The van der Waals surface area contributed by atoms with Gasteiger partial charge in [-0.05, 0) is 42.5 Å². The van der Waals surface area contributed by atoms with Gasteiger partial charge in [-0.1, -0.05) is 86.1 Å². The van der Waals surface area contributed by atoms with E-state index in [0.29, 0.717) is 23.6 Å². The number of Topliss-reactive ketones (excluding diaryl/α,β-unsaturated/α-hetero) is 1. The van der Waals surface area contributed by atoms with Crippen LogP contribution in [0.2, 0.25) is 0 Å². The standard InChI is InChI=1S/C31H30N4O3/c1-21(2)24-13-15-26(16-14-24)35-29-28(30(37)34(31(35)38)18-17-23-7-5-4-6-8-23)33(20-32-29)19-27(36)25-11-9-22(3)10-12-25/h4-16,20-21H,17-19H2,1-3H3. The van der Waals surface area contributed by atoms with E-state index in [-0.39, 0.29) is 30.0 Å². The number of ketones is 1. The molecule has 0 unspecified atom stereocenters. The van der Waals surface area contributed by atoms with Gasteiger partial charge >= 0.3 is 5.69 Å². The Labute approximate surface area is 220 Å². The fourth-order valence-electron chi connectivity index (χ4n) is 4.61. The highest BCUT2D eigenvalue weighted by Gasteiger charge is 2.21. The molecular weight excluding hydrogens is 476 g/mol. The van der Waals surface area contributed by atoms with E-state index in [1.165, 1.54) is 15.5 Å².